The molecule has 0 unspecified atom stereocenters. The van der Waals surface area contributed by atoms with Gasteiger partial charge in [0.15, 0.2) is 6.73 Å². The highest BCUT2D eigenvalue weighted by Crippen LogP contribution is 2.53. The summed E-state index contributed by atoms with van der Waals surface area (Å²) in [6, 6.07) is 9.37. The molecule has 4 fully saturated rings. The van der Waals surface area contributed by atoms with Crippen molar-refractivity contribution in [2.75, 3.05) is 0 Å². The Bertz CT molecular complexity index is 821. The van der Waals surface area contributed by atoms with Crippen molar-refractivity contribution in [1.82, 2.24) is 15.1 Å². The molecule has 4 saturated carbocycles. The summed E-state index contributed by atoms with van der Waals surface area (Å²) in [7, 11) is 0. The van der Waals surface area contributed by atoms with E-state index in [4.69, 9.17) is 16.3 Å². The number of carbonyl (C=O) groups is 1. The van der Waals surface area contributed by atoms with Crippen molar-refractivity contribution in [2.45, 2.75) is 44.9 Å². The van der Waals surface area contributed by atoms with Crippen LogP contribution in [0.4, 0.5) is 0 Å². The van der Waals surface area contributed by atoms with Gasteiger partial charge in [0.1, 0.15) is 11.4 Å². The summed E-state index contributed by atoms with van der Waals surface area (Å²) in [6.07, 6.45) is 8.20. The Balaban J connectivity index is 1.26. The normalized spacial score (nSPS) is 31.1. The lowest BCUT2D eigenvalue weighted by molar-refractivity contribution is -0.0121. The first-order chi connectivity index (χ1) is 13.2. The number of nitrogens with zero attached hydrogens (tertiary/aromatic N) is 2. The zero-order valence-electron chi connectivity index (χ0n) is 15.2. The second-order valence-corrected chi connectivity index (χ2v) is 8.76. The molecule has 6 rings (SSSR count). The maximum atomic E-state index is 12.9. The minimum absolute atomic E-state index is 0.0484. The Morgan fingerprint density at radius 1 is 1.11 bits per heavy atom. The fraction of sp³-hybridized carbons (Fsp3) is 0.524. The summed E-state index contributed by atoms with van der Waals surface area (Å²) in [4.78, 5) is 12.9. The highest BCUT2D eigenvalue weighted by atomic mass is 35.5. The van der Waals surface area contributed by atoms with Gasteiger partial charge in [0.2, 0.25) is 0 Å². The Labute approximate surface area is 164 Å². The van der Waals surface area contributed by atoms with E-state index in [1.54, 1.807) is 29.1 Å². The van der Waals surface area contributed by atoms with Crippen LogP contribution in [0.25, 0.3) is 0 Å². The van der Waals surface area contributed by atoms with Crippen LogP contribution in [-0.2, 0) is 6.73 Å². The predicted octanol–water partition coefficient (Wildman–Crippen LogP) is 4.13. The number of hydrogen-bond donors (Lipinski definition) is 1. The van der Waals surface area contributed by atoms with Crippen LogP contribution in [0.15, 0.2) is 36.5 Å². The smallest absolute Gasteiger partial charge is 0.269 e. The highest BCUT2D eigenvalue weighted by Gasteiger charge is 2.48. The van der Waals surface area contributed by atoms with Crippen LogP contribution in [0.1, 0.15) is 42.6 Å². The summed E-state index contributed by atoms with van der Waals surface area (Å²) >= 11 is 6.13. The number of hydrogen-bond acceptors (Lipinski definition) is 3. The standard InChI is InChI=1S/C21H24ClN3O2/c22-17-3-1-2-4-19(17)27-12-25-18(5-6-23-25)21(26)24-20-15-8-13-7-14(10-15)11-16(20)9-13/h1-6,13-16,20H,7-12H2,(H,24,26). The maximum absolute atomic E-state index is 12.9. The second-order valence-electron chi connectivity index (χ2n) is 8.35. The van der Waals surface area contributed by atoms with Crippen molar-refractivity contribution in [3.63, 3.8) is 0 Å². The van der Waals surface area contributed by atoms with Gasteiger partial charge in [-0.25, -0.2) is 4.68 Å². The van der Waals surface area contributed by atoms with E-state index in [9.17, 15) is 4.79 Å². The SMILES string of the molecule is O=C(NC1C2CC3CC(C2)CC1C3)c1ccnn1COc1ccccc1Cl. The summed E-state index contributed by atoms with van der Waals surface area (Å²) < 4.78 is 7.34. The predicted molar refractivity (Wildman–Crippen MR) is 103 cm³/mol. The topological polar surface area (TPSA) is 56.2 Å². The van der Waals surface area contributed by atoms with E-state index in [-0.39, 0.29) is 12.6 Å². The van der Waals surface area contributed by atoms with E-state index in [1.165, 1.54) is 32.1 Å². The molecule has 2 aromatic rings. The van der Waals surface area contributed by atoms with Crippen LogP contribution < -0.4 is 10.1 Å². The molecule has 0 saturated heterocycles. The van der Waals surface area contributed by atoms with Gasteiger partial charge in [-0.2, -0.15) is 5.10 Å². The first-order valence-electron chi connectivity index (χ1n) is 9.87. The monoisotopic (exact) mass is 385 g/mol. The molecular weight excluding hydrogens is 362 g/mol. The van der Waals surface area contributed by atoms with Gasteiger partial charge < -0.3 is 10.1 Å². The molecule has 4 aliphatic rings. The minimum atomic E-state index is -0.0484. The third kappa shape index (κ3) is 3.22. The van der Waals surface area contributed by atoms with Crippen molar-refractivity contribution >= 4 is 17.5 Å². The molecule has 27 heavy (non-hydrogen) atoms. The van der Waals surface area contributed by atoms with Gasteiger partial charge in [0, 0.05) is 12.2 Å². The number of halogens is 1. The summed E-state index contributed by atoms with van der Waals surface area (Å²) in [6.45, 7) is 0.154. The molecule has 0 aliphatic heterocycles. The lowest BCUT2D eigenvalue weighted by Crippen LogP contribution is -2.56. The zero-order valence-corrected chi connectivity index (χ0v) is 15.9. The fourth-order valence-corrected chi connectivity index (χ4v) is 5.90. The number of para-hydroxylation sites is 1. The quantitative estimate of drug-likeness (QED) is 0.841. The lowest BCUT2D eigenvalue weighted by atomic mass is 9.54. The molecule has 1 aromatic carbocycles. The van der Waals surface area contributed by atoms with Crippen LogP contribution >= 0.6 is 11.6 Å². The molecule has 142 valence electrons. The number of aromatic nitrogens is 2. The van der Waals surface area contributed by atoms with Crippen molar-refractivity contribution < 1.29 is 9.53 Å². The highest BCUT2D eigenvalue weighted by molar-refractivity contribution is 6.32. The van der Waals surface area contributed by atoms with Crippen molar-refractivity contribution in [3.05, 3.63) is 47.2 Å². The van der Waals surface area contributed by atoms with Crippen molar-refractivity contribution in [3.8, 4) is 5.75 Å². The van der Waals surface area contributed by atoms with Crippen LogP contribution in [0.5, 0.6) is 5.75 Å². The maximum Gasteiger partial charge on any atom is 0.269 e. The molecule has 1 heterocycles. The zero-order chi connectivity index (χ0) is 18.4. The third-order valence-corrected chi connectivity index (χ3v) is 6.96. The number of nitrogens with one attached hydrogen (secondary N) is 1. The molecule has 0 spiro atoms. The number of carbonyl (C=O) groups excluding carboxylic acids is 1. The van der Waals surface area contributed by atoms with Gasteiger partial charge in [0.05, 0.1) is 5.02 Å². The summed E-state index contributed by atoms with van der Waals surface area (Å²) in [5, 5.41) is 8.13. The molecule has 0 atom stereocenters. The van der Waals surface area contributed by atoms with Crippen molar-refractivity contribution in [1.29, 1.82) is 0 Å². The van der Waals surface area contributed by atoms with Gasteiger partial charge in [-0.15, -0.1) is 0 Å². The first-order valence-corrected chi connectivity index (χ1v) is 10.2. The van der Waals surface area contributed by atoms with Crippen LogP contribution in [-0.4, -0.2) is 21.7 Å². The molecule has 6 heteroatoms. The number of amides is 1. The Morgan fingerprint density at radius 2 is 1.81 bits per heavy atom. The van der Waals surface area contributed by atoms with Crippen LogP contribution in [0, 0.1) is 23.7 Å². The average Bonchev–Trinajstić information content (AvgIpc) is 3.12. The third-order valence-electron chi connectivity index (χ3n) is 6.65. The Morgan fingerprint density at radius 3 is 2.52 bits per heavy atom. The second kappa shape index (κ2) is 6.86. The molecule has 5 nitrogen and oxygen atoms in total. The number of benzene rings is 1. The van der Waals surface area contributed by atoms with E-state index in [0.29, 0.717) is 34.3 Å². The van der Waals surface area contributed by atoms with Gasteiger partial charge >= 0.3 is 0 Å². The molecule has 0 radical (unpaired) electrons. The van der Waals surface area contributed by atoms with E-state index in [0.717, 1.165) is 11.8 Å². The molecule has 1 amide bonds. The van der Waals surface area contributed by atoms with Gasteiger partial charge in [-0.1, -0.05) is 23.7 Å². The van der Waals surface area contributed by atoms with E-state index in [1.807, 2.05) is 12.1 Å². The van der Waals surface area contributed by atoms with Gasteiger partial charge in [-0.3, -0.25) is 4.79 Å². The Hall–Kier alpha value is -2.01. The number of rotatable bonds is 5. The number of ether oxygens (including phenoxy) is 1. The lowest BCUT2D eigenvalue weighted by Gasteiger charge is -2.54. The molecule has 1 aromatic heterocycles. The van der Waals surface area contributed by atoms with E-state index >= 15 is 0 Å². The molecule has 1 N–H and O–H groups in total. The summed E-state index contributed by atoms with van der Waals surface area (Å²) in [5.74, 6) is 3.64. The molecular formula is C21H24ClN3O2. The van der Waals surface area contributed by atoms with E-state index < -0.39 is 0 Å². The van der Waals surface area contributed by atoms with Gasteiger partial charge in [-0.05, 0) is 74.0 Å². The van der Waals surface area contributed by atoms with Crippen LogP contribution in [0.3, 0.4) is 0 Å². The first kappa shape index (κ1) is 17.1. The van der Waals surface area contributed by atoms with Crippen molar-refractivity contribution in [2.24, 2.45) is 23.7 Å². The minimum Gasteiger partial charge on any atom is -0.470 e. The van der Waals surface area contributed by atoms with Crippen LogP contribution in [0.2, 0.25) is 5.02 Å². The molecule has 4 bridgehead atoms. The van der Waals surface area contributed by atoms with Gasteiger partial charge in [0.25, 0.3) is 5.91 Å². The molecule has 4 aliphatic carbocycles. The largest absolute Gasteiger partial charge is 0.470 e. The Kier molecular flexibility index (Phi) is 4.35. The average molecular weight is 386 g/mol. The fourth-order valence-electron chi connectivity index (χ4n) is 5.71. The summed E-state index contributed by atoms with van der Waals surface area (Å²) in [5.41, 5.74) is 0.538. The van der Waals surface area contributed by atoms with E-state index in [2.05, 4.69) is 10.4 Å².